The standard InChI is InChI=1S/C14H18Cl2N4/c1-9(14(2,3)4)20(8-17)13(18)19-12-6-10(15)5-11(16)7-12/h5-7,9H,1-4H3,(H2,18,19). The van der Waals surface area contributed by atoms with E-state index in [4.69, 9.17) is 28.9 Å². The highest BCUT2D eigenvalue weighted by Gasteiger charge is 2.27. The first-order valence-corrected chi connectivity index (χ1v) is 6.90. The van der Waals surface area contributed by atoms with Crippen LogP contribution in [0.25, 0.3) is 0 Å². The molecule has 0 heterocycles. The maximum absolute atomic E-state index is 9.28. The Morgan fingerprint density at radius 3 is 2.20 bits per heavy atom. The lowest BCUT2D eigenvalue weighted by Gasteiger charge is -2.33. The second-order valence-corrected chi connectivity index (χ2v) is 6.48. The highest BCUT2D eigenvalue weighted by atomic mass is 35.5. The highest BCUT2D eigenvalue weighted by Crippen LogP contribution is 2.26. The van der Waals surface area contributed by atoms with Crippen LogP contribution in [0.5, 0.6) is 0 Å². The Bertz CT molecular complexity index is 535. The van der Waals surface area contributed by atoms with Crippen LogP contribution in [0.1, 0.15) is 27.7 Å². The van der Waals surface area contributed by atoms with Crippen molar-refractivity contribution in [3.63, 3.8) is 0 Å². The van der Waals surface area contributed by atoms with Crippen LogP contribution in [0.2, 0.25) is 10.0 Å². The number of hydrogen-bond donors (Lipinski definition) is 1. The molecule has 2 N–H and O–H groups in total. The number of aliphatic imine (C=N–C) groups is 1. The molecule has 0 saturated heterocycles. The van der Waals surface area contributed by atoms with Crippen molar-refractivity contribution in [3.05, 3.63) is 28.2 Å². The third kappa shape index (κ3) is 4.29. The molecule has 0 radical (unpaired) electrons. The largest absolute Gasteiger partial charge is 0.369 e. The Hall–Kier alpha value is -1.44. The minimum Gasteiger partial charge on any atom is -0.369 e. The van der Waals surface area contributed by atoms with Crippen LogP contribution in [0, 0.1) is 16.9 Å². The second kappa shape index (κ2) is 6.34. The fraction of sp³-hybridized carbons (Fsp3) is 0.429. The van der Waals surface area contributed by atoms with Gasteiger partial charge in [-0.1, -0.05) is 44.0 Å². The van der Waals surface area contributed by atoms with Gasteiger partial charge in [-0.25, -0.2) is 9.89 Å². The van der Waals surface area contributed by atoms with Crippen molar-refractivity contribution in [2.24, 2.45) is 16.1 Å². The van der Waals surface area contributed by atoms with E-state index in [0.717, 1.165) is 0 Å². The molecular formula is C14H18Cl2N4. The van der Waals surface area contributed by atoms with Crippen LogP contribution in [0.15, 0.2) is 23.2 Å². The van der Waals surface area contributed by atoms with Crippen molar-refractivity contribution in [2.45, 2.75) is 33.7 Å². The molecule has 6 heteroatoms. The Labute approximate surface area is 129 Å². The Balaban J connectivity index is 3.11. The van der Waals surface area contributed by atoms with Gasteiger partial charge in [-0.05, 0) is 30.5 Å². The third-order valence-electron chi connectivity index (χ3n) is 3.09. The summed E-state index contributed by atoms with van der Waals surface area (Å²) in [4.78, 5) is 5.60. The predicted molar refractivity (Wildman–Crippen MR) is 84.1 cm³/mol. The maximum Gasteiger partial charge on any atom is 0.210 e. The summed E-state index contributed by atoms with van der Waals surface area (Å²) in [5.74, 6) is 0.119. The Morgan fingerprint density at radius 1 is 1.30 bits per heavy atom. The van der Waals surface area contributed by atoms with Gasteiger partial charge in [-0.15, -0.1) is 0 Å². The van der Waals surface area contributed by atoms with Crippen LogP contribution in [-0.2, 0) is 0 Å². The molecule has 0 fully saturated rings. The molecule has 20 heavy (non-hydrogen) atoms. The van der Waals surface area contributed by atoms with Gasteiger partial charge in [0, 0.05) is 16.1 Å². The molecule has 1 atom stereocenters. The van der Waals surface area contributed by atoms with Gasteiger partial charge in [0.25, 0.3) is 0 Å². The van der Waals surface area contributed by atoms with Gasteiger partial charge < -0.3 is 5.73 Å². The van der Waals surface area contributed by atoms with E-state index in [1.54, 1.807) is 18.2 Å². The summed E-state index contributed by atoms with van der Waals surface area (Å²) < 4.78 is 0. The summed E-state index contributed by atoms with van der Waals surface area (Å²) in [7, 11) is 0. The molecule has 0 spiro atoms. The van der Waals surface area contributed by atoms with Gasteiger partial charge in [0.05, 0.1) is 5.69 Å². The summed E-state index contributed by atoms with van der Waals surface area (Å²) in [6.45, 7) is 8.03. The van der Waals surface area contributed by atoms with Crippen LogP contribution in [0.4, 0.5) is 5.69 Å². The van der Waals surface area contributed by atoms with Gasteiger partial charge in [-0.2, -0.15) is 5.26 Å². The van der Waals surface area contributed by atoms with Gasteiger partial charge in [0.1, 0.15) is 0 Å². The normalized spacial score (nSPS) is 13.8. The van der Waals surface area contributed by atoms with Crippen molar-refractivity contribution < 1.29 is 0 Å². The van der Waals surface area contributed by atoms with Crippen molar-refractivity contribution in [3.8, 4) is 6.19 Å². The predicted octanol–water partition coefficient (Wildman–Crippen LogP) is 4.16. The number of hydrogen-bond acceptors (Lipinski definition) is 2. The summed E-state index contributed by atoms with van der Waals surface area (Å²) in [6, 6.07) is 4.79. The van der Waals surface area contributed by atoms with E-state index < -0.39 is 0 Å². The van der Waals surface area contributed by atoms with E-state index >= 15 is 0 Å². The molecular weight excluding hydrogens is 295 g/mol. The lowest BCUT2D eigenvalue weighted by molar-refractivity contribution is 0.230. The van der Waals surface area contributed by atoms with Gasteiger partial charge in [0.2, 0.25) is 5.96 Å². The fourth-order valence-corrected chi connectivity index (χ4v) is 2.03. The van der Waals surface area contributed by atoms with Crippen molar-refractivity contribution in [1.29, 1.82) is 5.26 Å². The van der Waals surface area contributed by atoms with E-state index in [-0.39, 0.29) is 17.4 Å². The van der Waals surface area contributed by atoms with E-state index in [0.29, 0.717) is 15.7 Å². The zero-order chi connectivity index (χ0) is 15.5. The smallest absolute Gasteiger partial charge is 0.210 e. The van der Waals surface area contributed by atoms with Crippen molar-refractivity contribution >= 4 is 34.8 Å². The average Bonchev–Trinajstić information content (AvgIpc) is 2.26. The third-order valence-corrected chi connectivity index (χ3v) is 3.52. The van der Waals surface area contributed by atoms with Crippen molar-refractivity contribution in [2.75, 3.05) is 0 Å². The number of nitrogens with zero attached hydrogens (tertiary/aromatic N) is 3. The fourth-order valence-electron chi connectivity index (χ4n) is 1.51. The molecule has 0 aliphatic heterocycles. The SMILES string of the molecule is CC(N(C#N)C(N)=Nc1cc(Cl)cc(Cl)c1)C(C)(C)C. The highest BCUT2D eigenvalue weighted by molar-refractivity contribution is 6.35. The quantitative estimate of drug-likeness (QED) is 0.386. The summed E-state index contributed by atoms with van der Waals surface area (Å²) in [6.07, 6.45) is 2.07. The van der Waals surface area contributed by atoms with E-state index in [1.165, 1.54) is 4.90 Å². The average molecular weight is 313 g/mol. The lowest BCUT2D eigenvalue weighted by atomic mass is 9.87. The molecule has 0 amide bonds. The number of guanidine groups is 1. The summed E-state index contributed by atoms with van der Waals surface area (Å²) in [5, 5.41) is 10.2. The molecule has 0 aromatic heterocycles. The topological polar surface area (TPSA) is 65.4 Å². The molecule has 0 bridgehead atoms. The molecule has 1 unspecified atom stereocenters. The first-order valence-electron chi connectivity index (χ1n) is 6.14. The Kier molecular flexibility index (Phi) is 5.27. The Morgan fingerprint density at radius 2 is 1.80 bits per heavy atom. The zero-order valence-corrected chi connectivity index (χ0v) is 13.5. The second-order valence-electron chi connectivity index (χ2n) is 5.61. The number of halogens is 2. The number of nitrogens with two attached hydrogens (primary N) is 1. The summed E-state index contributed by atoms with van der Waals surface area (Å²) >= 11 is 11.8. The monoisotopic (exact) mass is 312 g/mol. The minimum atomic E-state index is -0.109. The molecule has 0 aliphatic carbocycles. The van der Waals surface area contributed by atoms with Crippen LogP contribution < -0.4 is 5.73 Å². The van der Waals surface area contributed by atoms with Crippen LogP contribution in [-0.4, -0.2) is 16.9 Å². The molecule has 1 aromatic carbocycles. The number of nitriles is 1. The lowest BCUT2D eigenvalue weighted by Crippen LogP contribution is -2.45. The first kappa shape index (κ1) is 16.6. The van der Waals surface area contributed by atoms with Gasteiger partial charge in [-0.3, -0.25) is 0 Å². The number of benzene rings is 1. The van der Waals surface area contributed by atoms with Crippen LogP contribution >= 0.6 is 23.2 Å². The van der Waals surface area contributed by atoms with Gasteiger partial charge >= 0.3 is 0 Å². The first-order chi connectivity index (χ1) is 9.15. The van der Waals surface area contributed by atoms with Gasteiger partial charge in [0.15, 0.2) is 6.19 Å². The molecule has 0 aliphatic rings. The molecule has 1 rings (SSSR count). The van der Waals surface area contributed by atoms with Crippen LogP contribution in [0.3, 0.4) is 0 Å². The van der Waals surface area contributed by atoms with E-state index in [1.807, 2.05) is 27.7 Å². The maximum atomic E-state index is 9.28. The summed E-state index contributed by atoms with van der Waals surface area (Å²) in [5.41, 5.74) is 6.33. The molecule has 0 saturated carbocycles. The van der Waals surface area contributed by atoms with E-state index in [9.17, 15) is 5.26 Å². The molecule has 108 valence electrons. The minimum absolute atomic E-state index is 0.0918. The zero-order valence-electron chi connectivity index (χ0n) is 12.0. The molecule has 4 nitrogen and oxygen atoms in total. The van der Waals surface area contributed by atoms with Crippen molar-refractivity contribution in [1.82, 2.24) is 4.90 Å². The molecule has 1 aromatic rings. The van der Waals surface area contributed by atoms with E-state index in [2.05, 4.69) is 11.2 Å². The number of rotatable bonds is 2.